The summed E-state index contributed by atoms with van der Waals surface area (Å²) in [6.45, 7) is 3.95. The van der Waals surface area contributed by atoms with E-state index in [1.54, 1.807) is 48.5 Å². The van der Waals surface area contributed by atoms with Gasteiger partial charge in [0, 0.05) is 28.2 Å². The van der Waals surface area contributed by atoms with Crippen molar-refractivity contribution in [2.24, 2.45) is 0 Å². The summed E-state index contributed by atoms with van der Waals surface area (Å²) >= 11 is 0. The van der Waals surface area contributed by atoms with Gasteiger partial charge in [-0.2, -0.15) is 0 Å². The number of halogens is 2. The maximum atomic E-state index is 13.7. The van der Waals surface area contributed by atoms with Crippen molar-refractivity contribution < 1.29 is 18.7 Å². The third-order valence-electron chi connectivity index (χ3n) is 6.38. The zero-order valence-electron chi connectivity index (χ0n) is 20.3. The Bertz CT molecular complexity index is 1610. The summed E-state index contributed by atoms with van der Waals surface area (Å²) < 4.78 is 27.4. The number of aromatic carboxylic acids is 1. The van der Waals surface area contributed by atoms with E-state index in [4.69, 9.17) is 4.98 Å². The van der Waals surface area contributed by atoms with Crippen LogP contribution in [0, 0.1) is 18.6 Å². The molecule has 5 aromatic rings. The van der Waals surface area contributed by atoms with E-state index in [2.05, 4.69) is 11.4 Å². The molecule has 0 aliphatic rings. The normalized spacial score (nSPS) is 11.9. The Hall–Kier alpha value is -4.58. The molecule has 0 saturated carbocycles. The minimum Gasteiger partial charge on any atom is -0.478 e. The lowest BCUT2D eigenvalue weighted by Crippen LogP contribution is -2.11. The van der Waals surface area contributed by atoms with Crippen molar-refractivity contribution in [3.05, 3.63) is 119 Å². The summed E-state index contributed by atoms with van der Waals surface area (Å²) in [4.78, 5) is 16.7. The molecule has 0 spiro atoms. The molecule has 0 aliphatic carbocycles. The first-order chi connectivity index (χ1) is 17.8. The molecule has 5 rings (SSSR count). The first kappa shape index (κ1) is 24.1. The van der Waals surface area contributed by atoms with Crippen LogP contribution in [0.4, 0.5) is 14.5 Å². The summed E-state index contributed by atoms with van der Waals surface area (Å²) in [5, 5.41) is 13.8. The fourth-order valence-electron chi connectivity index (χ4n) is 4.59. The van der Waals surface area contributed by atoms with Gasteiger partial charge in [0.15, 0.2) is 0 Å². The average Bonchev–Trinajstić information content (AvgIpc) is 2.88. The van der Waals surface area contributed by atoms with Crippen molar-refractivity contribution in [3.8, 4) is 22.4 Å². The fourth-order valence-corrected chi connectivity index (χ4v) is 4.59. The highest BCUT2D eigenvalue weighted by atomic mass is 19.1. The summed E-state index contributed by atoms with van der Waals surface area (Å²) in [6.07, 6.45) is 0. The van der Waals surface area contributed by atoms with Crippen LogP contribution in [0.2, 0.25) is 0 Å². The number of carboxylic acid groups (broad SMARTS) is 1. The zero-order valence-corrected chi connectivity index (χ0v) is 20.3. The van der Waals surface area contributed by atoms with Gasteiger partial charge in [-0.15, -0.1) is 0 Å². The number of aryl methyl sites for hydroxylation is 1. The van der Waals surface area contributed by atoms with Crippen molar-refractivity contribution >= 4 is 22.6 Å². The lowest BCUT2D eigenvalue weighted by atomic mass is 9.93. The molecular formula is C31H24F2N2O2. The number of benzene rings is 4. The first-order valence-electron chi connectivity index (χ1n) is 11.9. The van der Waals surface area contributed by atoms with Crippen LogP contribution in [-0.4, -0.2) is 16.1 Å². The van der Waals surface area contributed by atoms with Crippen molar-refractivity contribution in [1.82, 2.24) is 4.98 Å². The number of carboxylic acids is 1. The highest BCUT2D eigenvalue weighted by molar-refractivity contribution is 5.96. The molecule has 1 unspecified atom stereocenters. The van der Waals surface area contributed by atoms with Gasteiger partial charge in [-0.1, -0.05) is 30.3 Å². The molecule has 1 aromatic heterocycles. The van der Waals surface area contributed by atoms with Crippen LogP contribution in [0.15, 0.2) is 91.0 Å². The predicted octanol–water partition coefficient (Wildman–Crippen LogP) is 8.03. The van der Waals surface area contributed by atoms with Gasteiger partial charge in [0.1, 0.15) is 11.6 Å². The van der Waals surface area contributed by atoms with E-state index in [-0.39, 0.29) is 23.2 Å². The van der Waals surface area contributed by atoms with Crippen LogP contribution in [-0.2, 0) is 0 Å². The van der Waals surface area contributed by atoms with Crippen molar-refractivity contribution in [3.63, 3.8) is 0 Å². The number of nitrogens with one attached hydrogen (secondary N) is 1. The fraction of sp³-hybridized carbons (Fsp3) is 0.0968. The number of para-hydroxylation sites is 1. The number of carbonyl (C=O) groups is 1. The Morgan fingerprint density at radius 1 is 0.865 bits per heavy atom. The van der Waals surface area contributed by atoms with Crippen LogP contribution in [0.5, 0.6) is 0 Å². The highest BCUT2D eigenvalue weighted by Gasteiger charge is 2.18. The molecule has 184 valence electrons. The Balaban J connectivity index is 1.70. The van der Waals surface area contributed by atoms with E-state index in [0.29, 0.717) is 11.4 Å². The topological polar surface area (TPSA) is 62.2 Å². The molecule has 37 heavy (non-hydrogen) atoms. The molecule has 0 aliphatic heterocycles. The molecule has 6 heteroatoms. The van der Waals surface area contributed by atoms with Crippen LogP contribution >= 0.6 is 0 Å². The van der Waals surface area contributed by atoms with Crippen molar-refractivity contribution in [1.29, 1.82) is 0 Å². The Morgan fingerprint density at radius 2 is 1.49 bits per heavy atom. The lowest BCUT2D eigenvalue weighted by Gasteiger charge is -2.21. The molecule has 1 atom stereocenters. The second-order valence-electron chi connectivity index (χ2n) is 9.04. The van der Waals surface area contributed by atoms with Crippen LogP contribution in [0.25, 0.3) is 33.3 Å². The van der Waals surface area contributed by atoms with E-state index < -0.39 is 5.97 Å². The molecule has 2 N–H and O–H groups in total. The van der Waals surface area contributed by atoms with Crippen LogP contribution < -0.4 is 5.32 Å². The van der Waals surface area contributed by atoms with Crippen molar-refractivity contribution in [2.75, 3.05) is 5.32 Å². The number of nitrogens with zero attached hydrogens (tertiary/aromatic N) is 1. The Labute approximate surface area is 213 Å². The van der Waals surface area contributed by atoms with Gasteiger partial charge in [0.2, 0.25) is 0 Å². The Morgan fingerprint density at radius 3 is 2.14 bits per heavy atom. The SMILES string of the molecule is Cc1cc(C(C)Nc2ccccc2C(=O)O)c2cc(-c3ccc(F)cc3)c(-c3ccc(F)cc3)nc2c1. The number of pyridine rings is 1. The van der Waals surface area contributed by atoms with Gasteiger partial charge >= 0.3 is 5.97 Å². The van der Waals surface area contributed by atoms with Gasteiger partial charge in [-0.25, -0.2) is 18.6 Å². The second kappa shape index (κ2) is 9.82. The third kappa shape index (κ3) is 4.91. The molecule has 4 nitrogen and oxygen atoms in total. The van der Waals surface area contributed by atoms with Gasteiger partial charge in [-0.3, -0.25) is 0 Å². The number of anilines is 1. The lowest BCUT2D eigenvalue weighted by molar-refractivity contribution is 0.0698. The standard InChI is InChI=1S/C31H24F2N2O2/c1-18-15-25(19(2)34-28-6-4-3-5-24(28)31(36)37)27-17-26(20-7-11-22(32)12-8-20)30(35-29(27)16-18)21-9-13-23(33)14-10-21/h3-17,19,34H,1-2H3,(H,36,37). The minimum atomic E-state index is -1.01. The summed E-state index contributed by atoms with van der Waals surface area (Å²) in [5.74, 6) is -1.69. The van der Waals surface area contributed by atoms with Gasteiger partial charge in [0.05, 0.1) is 16.8 Å². The zero-order chi connectivity index (χ0) is 26.1. The van der Waals surface area contributed by atoms with E-state index in [1.807, 2.05) is 26.0 Å². The molecule has 0 bridgehead atoms. The number of rotatable bonds is 6. The molecule has 0 fully saturated rings. The van der Waals surface area contributed by atoms with E-state index in [1.165, 1.54) is 24.3 Å². The predicted molar refractivity (Wildman–Crippen MR) is 143 cm³/mol. The maximum Gasteiger partial charge on any atom is 0.337 e. The van der Waals surface area contributed by atoms with Gasteiger partial charge in [0.25, 0.3) is 0 Å². The second-order valence-corrected chi connectivity index (χ2v) is 9.04. The smallest absolute Gasteiger partial charge is 0.337 e. The molecule has 1 heterocycles. The van der Waals surface area contributed by atoms with Crippen molar-refractivity contribution in [2.45, 2.75) is 19.9 Å². The van der Waals surface area contributed by atoms with E-state index in [9.17, 15) is 18.7 Å². The molecule has 4 aromatic carbocycles. The monoisotopic (exact) mass is 494 g/mol. The number of hydrogen-bond acceptors (Lipinski definition) is 3. The quantitative estimate of drug-likeness (QED) is 0.251. The Kier molecular flexibility index (Phi) is 6.40. The first-order valence-corrected chi connectivity index (χ1v) is 11.9. The summed E-state index contributed by atoms with van der Waals surface area (Å²) in [7, 11) is 0. The number of hydrogen-bond donors (Lipinski definition) is 2. The summed E-state index contributed by atoms with van der Waals surface area (Å²) in [6, 6.07) is 24.9. The van der Waals surface area contributed by atoms with E-state index in [0.717, 1.165) is 38.7 Å². The van der Waals surface area contributed by atoms with E-state index >= 15 is 0 Å². The molecular weight excluding hydrogens is 470 g/mol. The summed E-state index contributed by atoms with van der Waals surface area (Å²) in [5.41, 5.74) is 6.36. The van der Waals surface area contributed by atoms with Gasteiger partial charge in [-0.05, 0) is 91.2 Å². The van der Waals surface area contributed by atoms with Gasteiger partial charge < -0.3 is 10.4 Å². The largest absolute Gasteiger partial charge is 0.478 e. The molecule has 0 radical (unpaired) electrons. The van der Waals surface area contributed by atoms with Crippen LogP contribution in [0.3, 0.4) is 0 Å². The molecule has 0 amide bonds. The highest BCUT2D eigenvalue weighted by Crippen LogP contribution is 2.37. The number of fused-ring (bicyclic) bond motifs is 1. The third-order valence-corrected chi connectivity index (χ3v) is 6.38. The average molecular weight is 495 g/mol. The number of aromatic nitrogens is 1. The minimum absolute atomic E-state index is 0.190. The van der Waals surface area contributed by atoms with Crippen LogP contribution in [0.1, 0.15) is 34.5 Å². The molecule has 0 saturated heterocycles. The maximum absolute atomic E-state index is 13.7.